The summed E-state index contributed by atoms with van der Waals surface area (Å²) in [7, 11) is -4.02. The van der Waals surface area contributed by atoms with Crippen LogP contribution in [0.1, 0.15) is 12.5 Å². The third-order valence-corrected chi connectivity index (χ3v) is 3.02. The third-order valence-electron chi connectivity index (χ3n) is 2.15. The quantitative estimate of drug-likeness (QED) is 0.574. The zero-order chi connectivity index (χ0) is 14.3. The minimum Gasteiger partial charge on any atom is -0.395 e. The number of benzene rings is 1. The van der Waals surface area contributed by atoms with Crippen LogP contribution in [-0.4, -0.2) is 41.9 Å². The molecule has 0 radical (unpaired) electrons. The molecule has 0 aliphatic rings. The van der Waals surface area contributed by atoms with E-state index in [1.54, 1.807) is 19.1 Å². The van der Waals surface area contributed by atoms with Gasteiger partial charge in [0.15, 0.2) is 0 Å². The summed E-state index contributed by atoms with van der Waals surface area (Å²) in [5, 5.41) is 16.8. The minimum absolute atomic E-state index is 0.0666. The van der Waals surface area contributed by atoms with Gasteiger partial charge >= 0.3 is 0 Å². The van der Waals surface area contributed by atoms with Gasteiger partial charge < -0.3 is 15.9 Å². The van der Waals surface area contributed by atoms with Gasteiger partial charge in [0, 0.05) is 0 Å². The van der Waals surface area contributed by atoms with E-state index in [2.05, 4.69) is 0 Å². The van der Waals surface area contributed by atoms with Crippen molar-refractivity contribution in [2.24, 2.45) is 5.73 Å². The fourth-order valence-electron chi connectivity index (χ4n) is 0.863. The Labute approximate surface area is 107 Å². The number of rotatable bonds is 3. The molecular weight excluding hydrogens is 258 g/mol. The molecule has 0 heterocycles. The lowest BCUT2D eigenvalue weighted by Crippen LogP contribution is -2.35. The van der Waals surface area contributed by atoms with E-state index < -0.39 is 22.3 Å². The average Bonchev–Trinajstić information content (AvgIpc) is 2.28. The molecular formula is C11H19NO5S. The van der Waals surface area contributed by atoms with Crippen LogP contribution in [0.15, 0.2) is 29.2 Å². The van der Waals surface area contributed by atoms with E-state index in [4.69, 9.17) is 20.5 Å². The molecule has 5 N–H and O–H groups in total. The van der Waals surface area contributed by atoms with Crippen LogP contribution < -0.4 is 5.73 Å². The Kier molecular flexibility index (Phi) is 7.04. The van der Waals surface area contributed by atoms with Crippen molar-refractivity contribution in [3.8, 4) is 0 Å². The molecule has 6 nitrogen and oxygen atoms in total. The van der Waals surface area contributed by atoms with E-state index in [9.17, 15) is 8.42 Å². The highest BCUT2D eigenvalue weighted by Gasteiger charge is 2.06. The summed E-state index contributed by atoms with van der Waals surface area (Å²) in [5.41, 5.74) is 6.07. The summed E-state index contributed by atoms with van der Waals surface area (Å²) in [6.07, 6.45) is -0.606. The minimum atomic E-state index is -4.02. The van der Waals surface area contributed by atoms with Crippen LogP contribution in [0.25, 0.3) is 0 Å². The van der Waals surface area contributed by atoms with Gasteiger partial charge in [-0.05, 0) is 26.0 Å². The number of hydrogen-bond acceptors (Lipinski definition) is 5. The average molecular weight is 277 g/mol. The second-order valence-corrected chi connectivity index (χ2v) is 5.30. The van der Waals surface area contributed by atoms with Crippen LogP contribution in [-0.2, 0) is 10.1 Å². The van der Waals surface area contributed by atoms with Crippen LogP contribution in [0.2, 0.25) is 0 Å². The van der Waals surface area contributed by atoms with Gasteiger partial charge in [0.05, 0.1) is 23.6 Å². The van der Waals surface area contributed by atoms with E-state index in [1.165, 1.54) is 12.1 Å². The molecule has 0 saturated heterocycles. The first-order valence-electron chi connectivity index (χ1n) is 5.27. The maximum Gasteiger partial charge on any atom is 0.294 e. The molecule has 104 valence electrons. The lowest BCUT2D eigenvalue weighted by molar-refractivity contribution is 0.123. The number of hydrogen-bond donors (Lipinski definition) is 4. The van der Waals surface area contributed by atoms with Gasteiger partial charge in [-0.15, -0.1) is 0 Å². The van der Waals surface area contributed by atoms with E-state index in [0.717, 1.165) is 5.56 Å². The van der Waals surface area contributed by atoms with Crippen LogP contribution >= 0.6 is 0 Å². The summed E-state index contributed by atoms with van der Waals surface area (Å²) in [5.74, 6) is 0. The largest absolute Gasteiger partial charge is 0.395 e. The van der Waals surface area contributed by atoms with Crippen molar-refractivity contribution in [1.29, 1.82) is 0 Å². The Morgan fingerprint density at radius 2 is 1.72 bits per heavy atom. The molecule has 0 unspecified atom stereocenters. The molecule has 2 atom stereocenters. The second kappa shape index (κ2) is 7.45. The van der Waals surface area contributed by atoms with Crippen LogP contribution in [0, 0.1) is 6.92 Å². The van der Waals surface area contributed by atoms with E-state index in [1.807, 2.05) is 6.92 Å². The van der Waals surface area contributed by atoms with E-state index in [0.29, 0.717) is 0 Å². The van der Waals surface area contributed by atoms with Gasteiger partial charge in [0.25, 0.3) is 10.1 Å². The Bertz CT molecular complexity index is 441. The molecule has 0 aliphatic carbocycles. The fourth-order valence-corrected chi connectivity index (χ4v) is 1.34. The Morgan fingerprint density at radius 3 is 1.94 bits per heavy atom. The topological polar surface area (TPSA) is 121 Å². The summed E-state index contributed by atoms with van der Waals surface area (Å²) >= 11 is 0. The lowest BCUT2D eigenvalue weighted by Gasteiger charge is -2.08. The Morgan fingerprint density at radius 1 is 1.28 bits per heavy atom. The highest BCUT2D eigenvalue weighted by atomic mass is 32.2. The highest BCUT2D eigenvalue weighted by Crippen LogP contribution is 2.08. The third kappa shape index (κ3) is 6.67. The lowest BCUT2D eigenvalue weighted by atomic mass is 10.2. The maximum absolute atomic E-state index is 10.5. The monoisotopic (exact) mass is 277 g/mol. The van der Waals surface area contributed by atoms with E-state index in [-0.39, 0.29) is 11.5 Å². The molecule has 0 amide bonds. The first-order valence-corrected chi connectivity index (χ1v) is 6.71. The van der Waals surface area contributed by atoms with Crippen molar-refractivity contribution in [2.75, 3.05) is 6.61 Å². The Hall–Kier alpha value is -0.990. The Balaban J connectivity index is 0.000000360. The number of aliphatic hydroxyl groups is 2. The van der Waals surface area contributed by atoms with Crippen molar-refractivity contribution < 1.29 is 23.2 Å². The normalized spacial score (nSPS) is 14.3. The number of aryl methyl sites for hydroxylation is 1. The number of nitrogens with two attached hydrogens (primary N) is 1. The molecule has 0 fully saturated rings. The summed E-state index contributed by atoms with van der Waals surface area (Å²) in [6.45, 7) is 3.23. The van der Waals surface area contributed by atoms with Crippen LogP contribution in [0.4, 0.5) is 0 Å². The molecule has 1 aromatic rings. The second-order valence-electron chi connectivity index (χ2n) is 3.88. The summed E-state index contributed by atoms with van der Waals surface area (Å²) in [6, 6.07) is 5.50. The standard InChI is InChI=1S/C7H8O3S.C4H11NO2/c1-6-2-4-7(5-3-6)11(8,9)10;1-3(7)4(5)2-6/h2-5H,1H3,(H,8,9,10);3-4,6-7H,2,5H2,1H3/t;3-,4+/m.0/s1. The van der Waals surface area contributed by atoms with Gasteiger partial charge in [0.2, 0.25) is 0 Å². The zero-order valence-corrected chi connectivity index (χ0v) is 11.1. The maximum atomic E-state index is 10.5. The van der Waals surface area contributed by atoms with Gasteiger partial charge in [-0.1, -0.05) is 17.7 Å². The van der Waals surface area contributed by atoms with Gasteiger partial charge in [-0.3, -0.25) is 4.55 Å². The first kappa shape index (κ1) is 17.0. The van der Waals surface area contributed by atoms with Crippen molar-refractivity contribution >= 4 is 10.1 Å². The number of aliphatic hydroxyl groups excluding tert-OH is 2. The van der Waals surface area contributed by atoms with Crippen molar-refractivity contribution in [1.82, 2.24) is 0 Å². The van der Waals surface area contributed by atoms with Crippen molar-refractivity contribution in [2.45, 2.75) is 30.9 Å². The molecule has 0 bridgehead atoms. The zero-order valence-electron chi connectivity index (χ0n) is 10.3. The molecule has 7 heteroatoms. The van der Waals surface area contributed by atoms with E-state index >= 15 is 0 Å². The van der Waals surface area contributed by atoms with Crippen LogP contribution in [0.3, 0.4) is 0 Å². The van der Waals surface area contributed by atoms with Crippen molar-refractivity contribution in [3.05, 3.63) is 29.8 Å². The molecule has 0 saturated carbocycles. The molecule has 0 aliphatic heterocycles. The smallest absolute Gasteiger partial charge is 0.294 e. The fraction of sp³-hybridized carbons (Fsp3) is 0.455. The van der Waals surface area contributed by atoms with Crippen molar-refractivity contribution in [3.63, 3.8) is 0 Å². The first-order chi connectivity index (χ1) is 8.18. The SMILES string of the molecule is C[C@H](O)[C@H](N)CO.Cc1ccc(S(=O)(=O)O)cc1. The van der Waals surface area contributed by atoms with Crippen LogP contribution in [0.5, 0.6) is 0 Å². The predicted molar refractivity (Wildman–Crippen MR) is 67.7 cm³/mol. The van der Waals surface area contributed by atoms with Gasteiger partial charge in [-0.25, -0.2) is 0 Å². The molecule has 0 spiro atoms. The molecule has 0 aromatic heterocycles. The highest BCUT2D eigenvalue weighted by molar-refractivity contribution is 7.85. The van der Waals surface area contributed by atoms with Gasteiger partial charge in [-0.2, -0.15) is 8.42 Å². The summed E-state index contributed by atoms with van der Waals surface area (Å²) in [4.78, 5) is -0.0666. The summed E-state index contributed by atoms with van der Waals surface area (Å²) < 4.78 is 29.6. The molecule has 18 heavy (non-hydrogen) atoms. The van der Waals surface area contributed by atoms with Gasteiger partial charge in [0.1, 0.15) is 0 Å². The predicted octanol–water partition coefficient (Wildman–Crippen LogP) is -0.0715. The molecule has 1 aromatic carbocycles. The molecule has 1 rings (SSSR count).